The van der Waals surface area contributed by atoms with Gasteiger partial charge in [0.05, 0.1) is 12.9 Å². The molecule has 0 saturated carbocycles. The number of rotatable bonds is 16. The second kappa shape index (κ2) is 18.0. The van der Waals surface area contributed by atoms with E-state index in [-0.39, 0.29) is 6.15 Å². The Balaban J connectivity index is 0.00000576. The lowest BCUT2D eigenvalue weighted by Gasteiger charge is -2.21. The fourth-order valence-electron chi connectivity index (χ4n) is 3.38. The number of nitrogens with zero attached hydrogens (tertiary/aromatic N) is 2. The van der Waals surface area contributed by atoms with Crippen LogP contribution in [0.25, 0.3) is 0 Å². The maximum Gasteiger partial charge on any atom is 0.0853 e. The van der Waals surface area contributed by atoms with E-state index >= 15 is 0 Å². The van der Waals surface area contributed by atoms with Crippen molar-refractivity contribution < 1.29 is 0 Å². The molecule has 0 aromatic heterocycles. The monoisotopic (exact) mass is 351 g/mol. The van der Waals surface area contributed by atoms with Crippen LogP contribution in [-0.2, 0) is 0 Å². The Kier molecular flexibility index (Phi) is 17.4. The van der Waals surface area contributed by atoms with Gasteiger partial charge in [-0.1, -0.05) is 89.7 Å². The van der Waals surface area contributed by atoms with Crippen LogP contribution in [0.4, 0.5) is 0 Å². The highest BCUT2D eigenvalue weighted by Gasteiger charge is 2.11. The van der Waals surface area contributed by atoms with Crippen LogP contribution in [0.1, 0.15) is 104 Å². The van der Waals surface area contributed by atoms with Crippen LogP contribution < -0.4 is 6.15 Å². The van der Waals surface area contributed by atoms with Crippen molar-refractivity contribution in [2.24, 2.45) is 4.99 Å². The van der Waals surface area contributed by atoms with Gasteiger partial charge in [0.25, 0.3) is 0 Å². The molecule has 1 rings (SSSR count). The molecule has 148 valence electrons. The highest BCUT2D eigenvalue weighted by molar-refractivity contribution is 5.57. The summed E-state index contributed by atoms with van der Waals surface area (Å²) in [6.07, 6.45) is 26.4. The van der Waals surface area contributed by atoms with Gasteiger partial charge in [-0.3, -0.25) is 4.99 Å². The number of hydrogen-bond donors (Lipinski definition) is 1. The summed E-state index contributed by atoms with van der Waals surface area (Å²) in [5.74, 6) is 0. The number of aliphatic imine (C=N–C) groups is 1. The summed E-state index contributed by atoms with van der Waals surface area (Å²) < 4.78 is 0. The quantitative estimate of drug-likeness (QED) is 0.242. The molecule has 3 nitrogen and oxygen atoms in total. The first kappa shape index (κ1) is 24.2. The van der Waals surface area contributed by atoms with Crippen LogP contribution in [0.5, 0.6) is 0 Å². The molecule has 1 aliphatic rings. The Morgan fingerprint density at radius 3 is 1.96 bits per heavy atom. The lowest BCUT2D eigenvalue weighted by Crippen LogP contribution is -2.29. The summed E-state index contributed by atoms with van der Waals surface area (Å²) in [5.41, 5.74) is 0. The van der Waals surface area contributed by atoms with E-state index in [4.69, 9.17) is 0 Å². The third-order valence-corrected chi connectivity index (χ3v) is 5.15. The molecule has 0 aromatic carbocycles. The van der Waals surface area contributed by atoms with Crippen LogP contribution in [0.15, 0.2) is 17.1 Å². The standard InChI is InChI=1S/C22H42N2.H3N/c1-3-4-5-6-7-8-9-10-11-12-13-14-15-16-17-18-22(2)24-20-19-23-21-24;/h16-17,21-22H,3-15,18-20H2,1-2H3;1H3. The third-order valence-electron chi connectivity index (χ3n) is 5.15. The second-order valence-corrected chi connectivity index (χ2v) is 7.49. The van der Waals surface area contributed by atoms with Gasteiger partial charge in [0.15, 0.2) is 0 Å². The number of hydrogen-bond acceptors (Lipinski definition) is 3. The van der Waals surface area contributed by atoms with Crippen molar-refractivity contribution in [2.75, 3.05) is 13.1 Å². The molecule has 0 amide bonds. The normalized spacial score (nSPS) is 15.0. The van der Waals surface area contributed by atoms with E-state index in [0.717, 1.165) is 19.5 Å². The van der Waals surface area contributed by atoms with Gasteiger partial charge in [-0.25, -0.2) is 0 Å². The Labute approximate surface area is 157 Å². The molecule has 0 aromatic rings. The molecule has 1 heterocycles. The van der Waals surface area contributed by atoms with E-state index in [0.29, 0.717) is 6.04 Å². The Hall–Kier alpha value is -0.830. The average Bonchev–Trinajstić information content (AvgIpc) is 3.13. The molecule has 0 saturated heterocycles. The zero-order valence-corrected chi connectivity index (χ0v) is 17.2. The van der Waals surface area contributed by atoms with Crippen molar-refractivity contribution in [3.05, 3.63) is 12.2 Å². The number of unbranched alkanes of at least 4 members (excludes halogenated alkanes) is 12. The van der Waals surface area contributed by atoms with Gasteiger partial charge in [0.1, 0.15) is 0 Å². The van der Waals surface area contributed by atoms with Crippen molar-refractivity contribution in [3.8, 4) is 0 Å². The van der Waals surface area contributed by atoms with Crippen LogP contribution in [-0.4, -0.2) is 30.4 Å². The third kappa shape index (κ3) is 14.1. The molecular weight excluding hydrogens is 306 g/mol. The maximum absolute atomic E-state index is 4.28. The molecule has 1 atom stereocenters. The first-order valence-electron chi connectivity index (χ1n) is 10.7. The first-order valence-corrected chi connectivity index (χ1v) is 10.7. The first-order chi connectivity index (χ1) is 11.8. The van der Waals surface area contributed by atoms with Gasteiger partial charge in [-0.05, 0) is 26.2 Å². The van der Waals surface area contributed by atoms with E-state index in [2.05, 4.69) is 35.9 Å². The van der Waals surface area contributed by atoms with Gasteiger partial charge < -0.3 is 11.1 Å². The van der Waals surface area contributed by atoms with Crippen molar-refractivity contribution in [3.63, 3.8) is 0 Å². The van der Waals surface area contributed by atoms with Crippen LogP contribution >= 0.6 is 0 Å². The number of allylic oxidation sites excluding steroid dienone is 1. The van der Waals surface area contributed by atoms with Crippen LogP contribution in [0.2, 0.25) is 0 Å². The van der Waals surface area contributed by atoms with E-state index in [1.165, 1.54) is 83.5 Å². The van der Waals surface area contributed by atoms with Gasteiger partial charge >= 0.3 is 0 Å². The lowest BCUT2D eigenvalue weighted by molar-refractivity contribution is 0.367. The van der Waals surface area contributed by atoms with E-state index < -0.39 is 0 Å². The van der Waals surface area contributed by atoms with Crippen molar-refractivity contribution >= 4 is 6.34 Å². The zero-order valence-electron chi connectivity index (χ0n) is 17.2. The fraction of sp³-hybridized carbons (Fsp3) is 0.864. The predicted molar refractivity (Wildman–Crippen MR) is 114 cm³/mol. The van der Waals surface area contributed by atoms with Gasteiger partial charge in [0, 0.05) is 12.6 Å². The van der Waals surface area contributed by atoms with Crippen molar-refractivity contribution in [1.82, 2.24) is 11.1 Å². The van der Waals surface area contributed by atoms with Crippen LogP contribution in [0.3, 0.4) is 0 Å². The summed E-state index contributed by atoms with van der Waals surface area (Å²) in [4.78, 5) is 6.64. The average molecular weight is 352 g/mol. The molecular formula is C22H45N3. The van der Waals surface area contributed by atoms with Crippen molar-refractivity contribution in [1.29, 1.82) is 0 Å². The topological polar surface area (TPSA) is 50.6 Å². The molecule has 0 fully saturated rings. The Bertz CT molecular complexity index is 325. The molecule has 3 heteroatoms. The smallest absolute Gasteiger partial charge is 0.0853 e. The molecule has 0 radical (unpaired) electrons. The fourth-order valence-corrected chi connectivity index (χ4v) is 3.38. The van der Waals surface area contributed by atoms with Crippen molar-refractivity contribution in [2.45, 2.75) is 110 Å². The van der Waals surface area contributed by atoms with Gasteiger partial charge in [-0.2, -0.15) is 0 Å². The minimum absolute atomic E-state index is 0. The molecule has 25 heavy (non-hydrogen) atoms. The maximum atomic E-state index is 4.28. The van der Waals surface area contributed by atoms with E-state index in [1.54, 1.807) is 0 Å². The summed E-state index contributed by atoms with van der Waals surface area (Å²) in [6, 6.07) is 0.606. The Morgan fingerprint density at radius 1 is 0.880 bits per heavy atom. The van der Waals surface area contributed by atoms with Gasteiger partial charge in [0.2, 0.25) is 0 Å². The molecule has 0 spiro atoms. The van der Waals surface area contributed by atoms with E-state index in [1.807, 2.05) is 6.34 Å². The molecule has 3 N–H and O–H groups in total. The molecule has 1 aliphatic heterocycles. The SMILES string of the molecule is CCCCCCCCCCCCCCC=CCC(C)N1C=NCC1.N. The molecule has 0 aliphatic carbocycles. The largest absolute Gasteiger partial charge is 0.358 e. The minimum Gasteiger partial charge on any atom is -0.358 e. The highest BCUT2D eigenvalue weighted by Crippen LogP contribution is 2.13. The predicted octanol–water partition coefficient (Wildman–Crippen LogP) is 6.92. The summed E-state index contributed by atoms with van der Waals surface area (Å²) >= 11 is 0. The second-order valence-electron chi connectivity index (χ2n) is 7.49. The minimum atomic E-state index is 0. The lowest BCUT2D eigenvalue weighted by atomic mass is 10.0. The molecule has 1 unspecified atom stereocenters. The van der Waals surface area contributed by atoms with Gasteiger partial charge in [-0.15, -0.1) is 0 Å². The van der Waals surface area contributed by atoms with Crippen LogP contribution in [0, 0.1) is 0 Å². The molecule has 0 bridgehead atoms. The summed E-state index contributed by atoms with van der Waals surface area (Å²) in [6.45, 7) is 6.67. The highest BCUT2D eigenvalue weighted by atomic mass is 15.2. The summed E-state index contributed by atoms with van der Waals surface area (Å²) in [5, 5.41) is 0. The van der Waals surface area contributed by atoms with E-state index in [9.17, 15) is 0 Å². The summed E-state index contributed by atoms with van der Waals surface area (Å²) in [7, 11) is 0. The zero-order chi connectivity index (χ0) is 17.3. The Morgan fingerprint density at radius 2 is 1.44 bits per heavy atom.